The van der Waals surface area contributed by atoms with Crippen molar-refractivity contribution in [2.45, 2.75) is 29.2 Å². The molecule has 0 saturated carbocycles. The number of ether oxygens (including phenoxy) is 1. The van der Waals surface area contributed by atoms with Crippen molar-refractivity contribution in [3.63, 3.8) is 0 Å². The summed E-state index contributed by atoms with van der Waals surface area (Å²) >= 11 is 1.36. The summed E-state index contributed by atoms with van der Waals surface area (Å²) in [7, 11) is 1.69. The first-order valence-corrected chi connectivity index (χ1v) is 7.71. The van der Waals surface area contributed by atoms with Crippen LogP contribution in [0, 0.1) is 5.82 Å². The first kappa shape index (κ1) is 14.5. The predicted octanol–water partition coefficient (Wildman–Crippen LogP) is 2.55. The topological polar surface area (TPSA) is 60.2 Å². The Balaban J connectivity index is 1.60. The van der Waals surface area contributed by atoms with E-state index in [-0.39, 0.29) is 18.0 Å². The Hall–Kier alpha value is -1.44. The van der Waals surface area contributed by atoms with Gasteiger partial charge in [-0.3, -0.25) is 0 Å². The van der Waals surface area contributed by atoms with Gasteiger partial charge in [0.25, 0.3) is 0 Å². The SMILES string of the molecule is CO[C@@H]1CN[C@@H](c2nc(CSc3ccccc3F)no2)C1. The molecule has 0 radical (unpaired) electrons. The van der Waals surface area contributed by atoms with E-state index < -0.39 is 0 Å². The molecular formula is C14H16FN3O2S. The molecule has 3 rings (SSSR count). The molecule has 1 saturated heterocycles. The van der Waals surface area contributed by atoms with E-state index in [1.807, 2.05) is 0 Å². The summed E-state index contributed by atoms with van der Waals surface area (Å²) in [5, 5.41) is 7.23. The van der Waals surface area contributed by atoms with Crippen molar-refractivity contribution < 1.29 is 13.7 Å². The zero-order valence-electron chi connectivity index (χ0n) is 11.6. The van der Waals surface area contributed by atoms with Crippen molar-refractivity contribution in [1.82, 2.24) is 15.5 Å². The normalized spacial score (nSPS) is 21.8. The van der Waals surface area contributed by atoms with Crippen molar-refractivity contribution in [3.05, 3.63) is 41.8 Å². The molecule has 112 valence electrons. The van der Waals surface area contributed by atoms with Crippen LogP contribution in [0.1, 0.15) is 24.2 Å². The molecule has 1 aromatic heterocycles. The summed E-state index contributed by atoms with van der Waals surface area (Å²) in [5.74, 6) is 1.39. The quantitative estimate of drug-likeness (QED) is 0.857. The summed E-state index contributed by atoms with van der Waals surface area (Å²) in [6.07, 6.45) is 0.997. The van der Waals surface area contributed by atoms with E-state index >= 15 is 0 Å². The summed E-state index contributed by atoms with van der Waals surface area (Å²) in [5.41, 5.74) is 0. The van der Waals surface area contributed by atoms with Crippen LogP contribution in [0.3, 0.4) is 0 Å². The molecule has 2 heterocycles. The molecule has 1 fully saturated rings. The van der Waals surface area contributed by atoms with Gasteiger partial charge in [-0.05, 0) is 18.6 Å². The minimum atomic E-state index is -0.230. The number of nitrogens with one attached hydrogen (secondary N) is 1. The highest BCUT2D eigenvalue weighted by atomic mass is 32.2. The molecule has 1 aromatic carbocycles. The van der Waals surface area contributed by atoms with E-state index in [4.69, 9.17) is 9.26 Å². The molecule has 5 nitrogen and oxygen atoms in total. The van der Waals surface area contributed by atoms with Gasteiger partial charge in [-0.2, -0.15) is 4.98 Å². The van der Waals surface area contributed by atoms with Gasteiger partial charge in [0.05, 0.1) is 17.9 Å². The van der Waals surface area contributed by atoms with Gasteiger partial charge in [0, 0.05) is 18.6 Å². The van der Waals surface area contributed by atoms with Crippen LogP contribution >= 0.6 is 11.8 Å². The number of halogens is 1. The summed E-state index contributed by atoms with van der Waals surface area (Å²) in [6.45, 7) is 0.781. The van der Waals surface area contributed by atoms with Gasteiger partial charge in [0.1, 0.15) is 5.82 Å². The Morgan fingerprint density at radius 3 is 3.10 bits per heavy atom. The molecule has 1 aliphatic rings. The molecule has 0 spiro atoms. The first-order chi connectivity index (χ1) is 10.3. The lowest BCUT2D eigenvalue weighted by Crippen LogP contribution is -2.16. The second-order valence-corrected chi connectivity index (χ2v) is 5.84. The van der Waals surface area contributed by atoms with Gasteiger partial charge >= 0.3 is 0 Å². The molecule has 7 heteroatoms. The average molecular weight is 309 g/mol. The molecule has 2 aromatic rings. The molecule has 21 heavy (non-hydrogen) atoms. The van der Waals surface area contributed by atoms with Gasteiger partial charge in [0.2, 0.25) is 5.89 Å². The monoisotopic (exact) mass is 309 g/mol. The zero-order chi connectivity index (χ0) is 14.7. The second kappa shape index (κ2) is 6.55. The fourth-order valence-corrected chi connectivity index (χ4v) is 3.03. The Morgan fingerprint density at radius 1 is 1.48 bits per heavy atom. The fourth-order valence-electron chi connectivity index (χ4n) is 2.24. The number of hydrogen-bond acceptors (Lipinski definition) is 6. The van der Waals surface area contributed by atoms with Crippen LogP contribution in [-0.2, 0) is 10.5 Å². The Labute approximate surface area is 126 Å². The lowest BCUT2D eigenvalue weighted by molar-refractivity contribution is 0.116. The third kappa shape index (κ3) is 3.42. The smallest absolute Gasteiger partial charge is 0.243 e. The van der Waals surface area contributed by atoms with E-state index in [2.05, 4.69) is 15.5 Å². The zero-order valence-corrected chi connectivity index (χ0v) is 12.4. The van der Waals surface area contributed by atoms with E-state index in [0.717, 1.165) is 13.0 Å². The van der Waals surface area contributed by atoms with E-state index in [0.29, 0.717) is 22.4 Å². The Bertz CT molecular complexity index is 607. The highest BCUT2D eigenvalue weighted by Gasteiger charge is 2.29. The second-order valence-electron chi connectivity index (χ2n) is 4.82. The number of aromatic nitrogens is 2. The van der Waals surface area contributed by atoms with E-state index in [1.54, 1.807) is 25.3 Å². The van der Waals surface area contributed by atoms with Gasteiger partial charge in [-0.1, -0.05) is 17.3 Å². The minimum Gasteiger partial charge on any atom is -0.380 e. The number of thioether (sulfide) groups is 1. The Morgan fingerprint density at radius 2 is 2.33 bits per heavy atom. The number of rotatable bonds is 5. The molecule has 0 unspecified atom stereocenters. The van der Waals surface area contributed by atoms with Crippen molar-refractivity contribution in [2.75, 3.05) is 13.7 Å². The van der Waals surface area contributed by atoms with E-state index in [1.165, 1.54) is 17.8 Å². The molecule has 1 aliphatic heterocycles. The molecule has 0 amide bonds. The standard InChI is InChI=1S/C14H16FN3O2S/c1-19-9-6-11(16-7-9)14-17-13(18-20-14)8-21-12-5-3-2-4-10(12)15/h2-5,9,11,16H,6-8H2,1H3/t9-,11+/m0/s1. The largest absolute Gasteiger partial charge is 0.380 e. The molecule has 0 bridgehead atoms. The number of hydrogen-bond donors (Lipinski definition) is 1. The third-order valence-corrected chi connectivity index (χ3v) is 4.44. The highest BCUT2D eigenvalue weighted by Crippen LogP contribution is 2.26. The lowest BCUT2D eigenvalue weighted by Gasteiger charge is -2.04. The molecule has 0 aliphatic carbocycles. The predicted molar refractivity (Wildman–Crippen MR) is 76.4 cm³/mol. The van der Waals surface area contributed by atoms with E-state index in [9.17, 15) is 4.39 Å². The van der Waals surface area contributed by atoms with Crippen LogP contribution in [0.25, 0.3) is 0 Å². The summed E-state index contributed by atoms with van der Waals surface area (Å²) < 4.78 is 24.1. The summed E-state index contributed by atoms with van der Waals surface area (Å²) in [4.78, 5) is 4.95. The third-order valence-electron chi connectivity index (χ3n) is 3.40. The van der Waals surface area contributed by atoms with Crippen LogP contribution in [0.4, 0.5) is 4.39 Å². The number of nitrogens with zero attached hydrogens (tertiary/aromatic N) is 2. The lowest BCUT2D eigenvalue weighted by atomic mass is 10.2. The Kier molecular flexibility index (Phi) is 4.52. The van der Waals surface area contributed by atoms with Crippen LogP contribution < -0.4 is 5.32 Å². The van der Waals surface area contributed by atoms with Crippen molar-refractivity contribution in [2.24, 2.45) is 0 Å². The van der Waals surface area contributed by atoms with Gasteiger partial charge in [0.15, 0.2) is 5.82 Å². The summed E-state index contributed by atoms with van der Waals surface area (Å²) in [6, 6.07) is 6.69. The van der Waals surface area contributed by atoms with Gasteiger partial charge < -0.3 is 14.6 Å². The first-order valence-electron chi connectivity index (χ1n) is 6.72. The maximum Gasteiger partial charge on any atom is 0.243 e. The fraction of sp³-hybridized carbons (Fsp3) is 0.429. The van der Waals surface area contributed by atoms with Crippen LogP contribution in [0.15, 0.2) is 33.7 Å². The van der Waals surface area contributed by atoms with Crippen molar-refractivity contribution in [3.8, 4) is 0 Å². The van der Waals surface area contributed by atoms with Crippen molar-refractivity contribution in [1.29, 1.82) is 0 Å². The van der Waals surface area contributed by atoms with Crippen LogP contribution in [0.2, 0.25) is 0 Å². The maximum absolute atomic E-state index is 13.5. The highest BCUT2D eigenvalue weighted by molar-refractivity contribution is 7.98. The number of benzene rings is 1. The molecular weight excluding hydrogens is 293 g/mol. The van der Waals surface area contributed by atoms with Crippen LogP contribution in [-0.4, -0.2) is 29.9 Å². The molecule has 2 atom stereocenters. The average Bonchev–Trinajstić information content (AvgIpc) is 3.15. The van der Waals surface area contributed by atoms with Gasteiger partial charge in [-0.15, -0.1) is 11.8 Å². The maximum atomic E-state index is 13.5. The van der Waals surface area contributed by atoms with Crippen molar-refractivity contribution >= 4 is 11.8 Å². The minimum absolute atomic E-state index is 0.0367. The van der Waals surface area contributed by atoms with Crippen LogP contribution in [0.5, 0.6) is 0 Å². The molecule has 1 N–H and O–H groups in total. The van der Waals surface area contributed by atoms with Gasteiger partial charge in [-0.25, -0.2) is 4.39 Å². The number of methoxy groups -OCH3 is 1.